The van der Waals surface area contributed by atoms with Crippen LogP contribution in [0.25, 0.3) is 0 Å². The van der Waals surface area contributed by atoms with Crippen LogP contribution in [-0.4, -0.2) is 20.1 Å². The van der Waals surface area contributed by atoms with E-state index in [1.165, 1.54) is 11.8 Å². The molecule has 118 valence electrons. The second-order valence-corrected chi connectivity index (χ2v) is 6.07. The number of benzene rings is 1. The Morgan fingerprint density at radius 2 is 1.96 bits per heavy atom. The normalized spacial score (nSPS) is 10.9. The van der Waals surface area contributed by atoms with Crippen LogP contribution in [0.3, 0.4) is 0 Å². The number of Topliss-reactive ketones (excluding diaryl/α,β-unsaturated/α-hetero) is 1. The first kappa shape index (κ1) is 15.6. The van der Waals surface area contributed by atoms with Crippen molar-refractivity contribution in [3.8, 4) is 0 Å². The SMILES string of the molecule is Cc1cc(C(=O)Cn2cc(Cl)cn2)c(C)n1Cc1ccccc1. The van der Waals surface area contributed by atoms with Gasteiger partial charge in [-0.2, -0.15) is 5.10 Å². The summed E-state index contributed by atoms with van der Waals surface area (Å²) in [6.45, 7) is 4.97. The van der Waals surface area contributed by atoms with E-state index in [0.717, 1.165) is 23.5 Å². The summed E-state index contributed by atoms with van der Waals surface area (Å²) in [5.41, 5.74) is 4.01. The van der Waals surface area contributed by atoms with E-state index in [-0.39, 0.29) is 12.3 Å². The van der Waals surface area contributed by atoms with Gasteiger partial charge in [0.15, 0.2) is 5.78 Å². The fourth-order valence-corrected chi connectivity index (χ4v) is 2.91. The lowest BCUT2D eigenvalue weighted by atomic mass is 10.1. The standard InChI is InChI=1S/C18H18ClN3O/c1-13-8-17(18(23)12-21-11-16(19)9-20-21)14(2)22(13)10-15-6-4-3-5-7-15/h3-9,11H,10,12H2,1-2H3. The van der Waals surface area contributed by atoms with Crippen LogP contribution >= 0.6 is 11.6 Å². The first-order valence-corrected chi connectivity index (χ1v) is 7.84. The molecule has 0 unspecified atom stereocenters. The van der Waals surface area contributed by atoms with Gasteiger partial charge >= 0.3 is 0 Å². The van der Waals surface area contributed by atoms with Crippen LogP contribution in [0.5, 0.6) is 0 Å². The van der Waals surface area contributed by atoms with Crippen molar-refractivity contribution in [3.63, 3.8) is 0 Å². The summed E-state index contributed by atoms with van der Waals surface area (Å²) in [6.07, 6.45) is 3.19. The second kappa shape index (κ2) is 6.42. The highest BCUT2D eigenvalue weighted by molar-refractivity contribution is 6.30. The van der Waals surface area contributed by atoms with Crippen molar-refractivity contribution in [2.45, 2.75) is 26.9 Å². The zero-order valence-electron chi connectivity index (χ0n) is 13.2. The smallest absolute Gasteiger partial charge is 0.186 e. The molecule has 2 aromatic heterocycles. The predicted molar refractivity (Wildman–Crippen MR) is 91.0 cm³/mol. The Balaban J connectivity index is 1.83. The highest BCUT2D eigenvalue weighted by Crippen LogP contribution is 2.18. The average molecular weight is 328 g/mol. The van der Waals surface area contributed by atoms with Crippen molar-refractivity contribution >= 4 is 17.4 Å². The predicted octanol–water partition coefficient (Wildman–Crippen LogP) is 3.89. The number of ketones is 1. The molecule has 0 bridgehead atoms. The molecule has 5 heteroatoms. The first-order chi connectivity index (χ1) is 11.0. The van der Waals surface area contributed by atoms with Gasteiger partial charge in [0.2, 0.25) is 0 Å². The Hall–Kier alpha value is -2.33. The minimum absolute atomic E-state index is 0.0391. The van der Waals surface area contributed by atoms with Crippen LogP contribution in [0, 0.1) is 13.8 Å². The van der Waals surface area contributed by atoms with Crippen molar-refractivity contribution in [2.75, 3.05) is 0 Å². The van der Waals surface area contributed by atoms with E-state index in [2.05, 4.69) is 21.8 Å². The number of carbonyl (C=O) groups is 1. The van der Waals surface area contributed by atoms with E-state index in [4.69, 9.17) is 11.6 Å². The van der Waals surface area contributed by atoms with Gasteiger partial charge in [-0.3, -0.25) is 9.48 Å². The third-order valence-electron chi connectivity index (χ3n) is 3.96. The Kier molecular flexibility index (Phi) is 4.35. The first-order valence-electron chi connectivity index (χ1n) is 7.46. The Labute approximate surface area is 140 Å². The molecular formula is C18H18ClN3O. The number of carbonyl (C=O) groups excluding carboxylic acids is 1. The van der Waals surface area contributed by atoms with Crippen molar-refractivity contribution in [1.29, 1.82) is 0 Å². The minimum Gasteiger partial charge on any atom is -0.344 e. The topological polar surface area (TPSA) is 39.8 Å². The van der Waals surface area contributed by atoms with Gasteiger partial charge in [0.05, 0.1) is 11.2 Å². The lowest BCUT2D eigenvalue weighted by Gasteiger charge is -2.10. The van der Waals surface area contributed by atoms with Crippen LogP contribution in [0.15, 0.2) is 48.8 Å². The van der Waals surface area contributed by atoms with E-state index in [0.29, 0.717) is 5.02 Å². The summed E-state index contributed by atoms with van der Waals surface area (Å²) >= 11 is 5.84. The van der Waals surface area contributed by atoms with Crippen LogP contribution < -0.4 is 0 Å². The van der Waals surface area contributed by atoms with Crippen LogP contribution in [0.2, 0.25) is 5.02 Å². The summed E-state index contributed by atoms with van der Waals surface area (Å²) in [5.74, 6) is 0.0391. The highest BCUT2D eigenvalue weighted by Gasteiger charge is 2.16. The fraction of sp³-hybridized carbons (Fsp3) is 0.222. The lowest BCUT2D eigenvalue weighted by molar-refractivity contribution is 0.0967. The molecule has 0 atom stereocenters. The summed E-state index contributed by atoms with van der Waals surface area (Å²) in [5, 5.41) is 4.60. The van der Waals surface area contributed by atoms with Gasteiger partial charge in [-0.15, -0.1) is 0 Å². The van der Waals surface area contributed by atoms with Crippen molar-refractivity contribution < 1.29 is 4.79 Å². The van der Waals surface area contributed by atoms with Gasteiger partial charge in [0, 0.05) is 29.7 Å². The number of nitrogens with zero attached hydrogens (tertiary/aromatic N) is 3. The van der Waals surface area contributed by atoms with Crippen LogP contribution in [-0.2, 0) is 13.1 Å². The van der Waals surface area contributed by atoms with Crippen molar-refractivity contribution in [3.05, 3.63) is 76.3 Å². The molecule has 2 heterocycles. The fourth-order valence-electron chi connectivity index (χ4n) is 2.75. The molecule has 0 aliphatic carbocycles. The molecule has 4 nitrogen and oxygen atoms in total. The Bertz CT molecular complexity index is 833. The number of hydrogen-bond acceptors (Lipinski definition) is 2. The zero-order chi connectivity index (χ0) is 16.4. The average Bonchev–Trinajstić information content (AvgIpc) is 3.06. The van der Waals surface area contributed by atoms with E-state index < -0.39 is 0 Å². The molecule has 3 rings (SSSR count). The molecule has 0 radical (unpaired) electrons. The van der Waals surface area contributed by atoms with Gasteiger partial charge in [-0.1, -0.05) is 41.9 Å². The number of rotatable bonds is 5. The van der Waals surface area contributed by atoms with Gasteiger partial charge < -0.3 is 4.57 Å². The number of aryl methyl sites for hydroxylation is 1. The summed E-state index contributed by atoms with van der Waals surface area (Å²) < 4.78 is 3.73. The van der Waals surface area contributed by atoms with Crippen LogP contribution in [0.1, 0.15) is 27.3 Å². The molecule has 3 aromatic rings. The van der Waals surface area contributed by atoms with E-state index in [1.807, 2.05) is 38.1 Å². The second-order valence-electron chi connectivity index (χ2n) is 5.64. The van der Waals surface area contributed by atoms with Gasteiger partial charge in [0.1, 0.15) is 6.54 Å². The highest BCUT2D eigenvalue weighted by atomic mass is 35.5. The molecule has 0 saturated carbocycles. The van der Waals surface area contributed by atoms with Crippen molar-refractivity contribution in [2.24, 2.45) is 0 Å². The maximum atomic E-state index is 12.5. The molecule has 1 aromatic carbocycles. The monoisotopic (exact) mass is 327 g/mol. The number of halogens is 1. The largest absolute Gasteiger partial charge is 0.344 e. The van der Waals surface area contributed by atoms with Crippen molar-refractivity contribution in [1.82, 2.24) is 14.3 Å². The summed E-state index contributed by atoms with van der Waals surface area (Å²) in [7, 11) is 0. The van der Waals surface area contributed by atoms with Gasteiger partial charge in [0.25, 0.3) is 0 Å². The third kappa shape index (κ3) is 3.37. The minimum atomic E-state index is 0.0391. The van der Waals surface area contributed by atoms with Crippen LogP contribution in [0.4, 0.5) is 0 Å². The summed E-state index contributed by atoms with van der Waals surface area (Å²) in [4.78, 5) is 12.5. The maximum Gasteiger partial charge on any atom is 0.186 e. The van der Waals surface area contributed by atoms with E-state index >= 15 is 0 Å². The van der Waals surface area contributed by atoms with Gasteiger partial charge in [-0.25, -0.2) is 0 Å². The molecule has 0 amide bonds. The maximum absolute atomic E-state index is 12.5. The molecule has 0 saturated heterocycles. The third-order valence-corrected chi connectivity index (χ3v) is 4.16. The molecule has 23 heavy (non-hydrogen) atoms. The Morgan fingerprint density at radius 3 is 2.61 bits per heavy atom. The van der Waals surface area contributed by atoms with Gasteiger partial charge in [-0.05, 0) is 25.5 Å². The summed E-state index contributed by atoms with van der Waals surface area (Å²) in [6, 6.07) is 12.2. The molecule has 0 aliphatic rings. The number of hydrogen-bond donors (Lipinski definition) is 0. The Morgan fingerprint density at radius 1 is 1.22 bits per heavy atom. The van der Waals surface area contributed by atoms with E-state index in [1.54, 1.807) is 10.9 Å². The molecule has 0 aliphatic heterocycles. The zero-order valence-corrected chi connectivity index (χ0v) is 13.9. The molecule has 0 spiro atoms. The lowest BCUT2D eigenvalue weighted by Crippen LogP contribution is -2.12. The molecule has 0 fully saturated rings. The number of aromatic nitrogens is 3. The quantitative estimate of drug-likeness (QED) is 0.667. The van der Waals surface area contributed by atoms with E-state index in [9.17, 15) is 4.79 Å². The molecular weight excluding hydrogens is 310 g/mol. The molecule has 0 N–H and O–H groups in total.